The van der Waals surface area contributed by atoms with E-state index in [1.165, 1.54) is 5.56 Å². The number of nitrogens with two attached hydrogens (primary N) is 2. The van der Waals surface area contributed by atoms with Crippen LogP contribution in [0, 0.1) is 0 Å². The lowest BCUT2D eigenvalue weighted by atomic mass is 10.1. The minimum absolute atomic E-state index is 0.188. The fourth-order valence-corrected chi connectivity index (χ4v) is 2.68. The summed E-state index contributed by atoms with van der Waals surface area (Å²) >= 11 is 1.73. The molecule has 0 aromatic heterocycles. The molecular weight excluding hydrogens is 270 g/mol. The largest absolute Gasteiger partial charge is 0.399 e. The van der Waals surface area contributed by atoms with E-state index in [2.05, 4.69) is 5.43 Å². The fraction of sp³-hybridized carbons (Fsp3) is 0.133. The highest BCUT2D eigenvalue weighted by Crippen LogP contribution is 2.24. The molecule has 5 N–H and O–H groups in total. The molecule has 104 valence electrons. The predicted molar refractivity (Wildman–Crippen MR) is 82.9 cm³/mol. The van der Waals surface area contributed by atoms with Gasteiger partial charge in [-0.25, -0.2) is 5.84 Å². The SMILES string of the molecule is NNC(=O)Cc1ccc(CSc2cccc(N)c2)cc1. The van der Waals surface area contributed by atoms with E-state index in [0.717, 1.165) is 21.9 Å². The maximum atomic E-state index is 11.2. The van der Waals surface area contributed by atoms with Gasteiger partial charge in [-0.1, -0.05) is 30.3 Å². The second-order valence-corrected chi connectivity index (χ2v) is 5.47. The van der Waals surface area contributed by atoms with Crippen molar-refractivity contribution in [1.82, 2.24) is 5.43 Å². The number of benzene rings is 2. The number of hydrazine groups is 1. The number of rotatable bonds is 5. The van der Waals surface area contributed by atoms with Crippen LogP contribution >= 0.6 is 11.8 Å². The molecule has 0 aliphatic rings. The molecule has 20 heavy (non-hydrogen) atoms. The van der Waals surface area contributed by atoms with Gasteiger partial charge in [-0.3, -0.25) is 10.2 Å². The van der Waals surface area contributed by atoms with Crippen molar-refractivity contribution in [3.63, 3.8) is 0 Å². The van der Waals surface area contributed by atoms with Crippen LogP contribution in [0.2, 0.25) is 0 Å². The van der Waals surface area contributed by atoms with Gasteiger partial charge in [-0.05, 0) is 29.3 Å². The number of thioether (sulfide) groups is 1. The van der Waals surface area contributed by atoms with Crippen LogP contribution in [0.5, 0.6) is 0 Å². The summed E-state index contributed by atoms with van der Waals surface area (Å²) in [7, 11) is 0. The standard InChI is InChI=1S/C15H17N3OS/c16-13-2-1-3-14(9-13)20-10-12-6-4-11(5-7-12)8-15(19)18-17/h1-7,9H,8,10,16-17H2,(H,18,19). The maximum Gasteiger partial charge on any atom is 0.238 e. The normalized spacial score (nSPS) is 10.2. The van der Waals surface area contributed by atoms with Crippen molar-refractivity contribution in [3.8, 4) is 0 Å². The van der Waals surface area contributed by atoms with E-state index in [-0.39, 0.29) is 5.91 Å². The summed E-state index contributed by atoms with van der Waals surface area (Å²) in [6.45, 7) is 0. The fourth-order valence-electron chi connectivity index (χ4n) is 1.76. The molecule has 0 saturated carbocycles. The molecule has 1 amide bonds. The van der Waals surface area contributed by atoms with Gasteiger partial charge in [0, 0.05) is 16.3 Å². The van der Waals surface area contributed by atoms with Crippen molar-refractivity contribution < 1.29 is 4.79 Å². The Bertz CT molecular complexity index is 584. The van der Waals surface area contributed by atoms with E-state index in [1.807, 2.05) is 48.5 Å². The van der Waals surface area contributed by atoms with E-state index in [9.17, 15) is 4.79 Å². The van der Waals surface area contributed by atoms with Crippen molar-refractivity contribution in [2.75, 3.05) is 5.73 Å². The Hall–Kier alpha value is -1.98. The zero-order chi connectivity index (χ0) is 14.4. The number of hydrogen-bond acceptors (Lipinski definition) is 4. The minimum Gasteiger partial charge on any atom is -0.399 e. The van der Waals surface area contributed by atoms with Crippen molar-refractivity contribution >= 4 is 23.4 Å². The molecule has 0 spiro atoms. The van der Waals surface area contributed by atoms with Gasteiger partial charge in [0.2, 0.25) is 5.91 Å². The molecule has 0 atom stereocenters. The first-order valence-corrected chi connectivity index (χ1v) is 7.21. The number of anilines is 1. The highest BCUT2D eigenvalue weighted by Gasteiger charge is 2.02. The zero-order valence-electron chi connectivity index (χ0n) is 11.0. The first kappa shape index (κ1) is 14.4. The smallest absolute Gasteiger partial charge is 0.238 e. The summed E-state index contributed by atoms with van der Waals surface area (Å²) in [5.74, 6) is 5.74. The number of carbonyl (C=O) groups excluding carboxylic acids is 1. The molecule has 5 heteroatoms. The molecular formula is C15H17N3OS. The van der Waals surface area contributed by atoms with Crippen molar-refractivity contribution in [2.24, 2.45) is 5.84 Å². The van der Waals surface area contributed by atoms with Crippen LogP contribution < -0.4 is 17.0 Å². The number of carbonyl (C=O) groups is 1. The molecule has 0 heterocycles. The van der Waals surface area contributed by atoms with E-state index < -0.39 is 0 Å². The van der Waals surface area contributed by atoms with E-state index in [0.29, 0.717) is 6.42 Å². The van der Waals surface area contributed by atoms with Crippen LogP contribution in [0.4, 0.5) is 5.69 Å². The number of amides is 1. The minimum atomic E-state index is -0.188. The van der Waals surface area contributed by atoms with Crippen LogP contribution in [0.25, 0.3) is 0 Å². The Morgan fingerprint density at radius 2 is 1.80 bits per heavy atom. The average molecular weight is 287 g/mol. The molecule has 0 aliphatic carbocycles. The predicted octanol–water partition coefficient (Wildman–Crippen LogP) is 2.09. The van der Waals surface area contributed by atoms with Gasteiger partial charge >= 0.3 is 0 Å². The Morgan fingerprint density at radius 1 is 1.10 bits per heavy atom. The summed E-state index contributed by atoms with van der Waals surface area (Å²) in [4.78, 5) is 12.3. The highest BCUT2D eigenvalue weighted by atomic mass is 32.2. The first-order valence-electron chi connectivity index (χ1n) is 6.23. The van der Waals surface area contributed by atoms with Gasteiger partial charge in [-0.15, -0.1) is 11.8 Å². The average Bonchev–Trinajstić information content (AvgIpc) is 2.46. The van der Waals surface area contributed by atoms with Gasteiger partial charge in [0.15, 0.2) is 0 Å². The Labute approximate surface area is 122 Å². The summed E-state index contributed by atoms with van der Waals surface area (Å²) in [6.07, 6.45) is 0.305. The van der Waals surface area contributed by atoms with Crippen molar-refractivity contribution in [2.45, 2.75) is 17.1 Å². The van der Waals surface area contributed by atoms with Crippen molar-refractivity contribution in [1.29, 1.82) is 0 Å². The lowest BCUT2D eigenvalue weighted by Crippen LogP contribution is -2.31. The maximum absolute atomic E-state index is 11.2. The summed E-state index contributed by atoms with van der Waals surface area (Å²) < 4.78 is 0. The number of hydrogen-bond donors (Lipinski definition) is 3. The molecule has 4 nitrogen and oxygen atoms in total. The molecule has 0 unspecified atom stereocenters. The van der Waals surface area contributed by atoms with E-state index in [1.54, 1.807) is 11.8 Å². The van der Waals surface area contributed by atoms with Gasteiger partial charge < -0.3 is 5.73 Å². The van der Waals surface area contributed by atoms with Gasteiger partial charge in [-0.2, -0.15) is 0 Å². The highest BCUT2D eigenvalue weighted by molar-refractivity contribution is 7.98. The van der Waals surface area contributed by atoms with Gasteiger partial charge in [0.05, 0.1) is 6.42 Å². The first-order chi connectivity index (χ1) is 9.67. The van der Waals surface area contributed by atoms with Gasteiger partial charge in [0.25, 0.3) is 0 Å². The van der Waals surface area contributed by atoms with E-state index in [4.69, 9.17) is 11.6 Å². The molecule has 0 bridgehead atoms. The Morgan fingerprint density at radius 3 is 2.45 bits per heavy atom. The lowest BCUT2D eigenvalue weighted by Gasteiger charge is -2.05. The Balaban J connectivity index is 1.92. The lowest BCUT2D eigenvalue weighted by molar-refractivity contribution is -0.120. The van der Waals surface area contributed by atoms with Crippen LogP contribution in [0.15, 0.2) is 53.4 Å². The quantitative estimate of drug-likeness (QED) is 0.259. The monoisotopic (exact) mass is 287 g/mol. The molecule has 2 rings (SSSR count). The number of nitrogen functional groups attached to an aromatic ring is 1. The molecule has 2 aromatic carbocycles. The molecule has 0 aliphatic heterocycles. The summed E-state index contributed by atoms with van der Waals surface area (Å²) in [6, 6.07) is 15.8. The third-order valence-corrected chi connectivity index (χ3v) is 3.88. The van der Waals surface area contributed by atoms with Crippen LogP contribution in [-0.2, 0) is 17.0 Å². The zero-order valence-corrected chi connectivity index (χ0v) is 11.8. The van der Waals surface area contributed by atoms with E-state index >= 15 is 0 Å². The van der Waals surface area contributed by atoms with Crippen molar-refractivity contribution in [3.05, 3.63) is 59.7 Å². The Kier molecular flexibility index (Phi) is 5.03. The molecule has 0 fully saturated rings. The molecule has 2 aromatic rings. The second-order valence-electron chi connectivity index (χ2n) is 4.42. The summed E-state index contributed by atoms with van der Waals surface area (Å²) in [5, 5.41) is 0. The third kappa shape index (κ3) is 4.29. The molecule has 0 saturated heterocycles. The van der Waals surface area contributed by atoms with Gasteiger partial charge in [0.1, 0.15) is 0 Å². The third-order valence-electron chi connectivity index (χ3n) is 2.81. The number of nitrogens with one attached hydrogen (secondary N) is 1. The molecule has 0 radical (unpaired) electrons. The van der Waals surface area contributed by atoms with Crippen LogP contribution in [0.1, 0.15) is 11.1 Å². The second kappa shape index (κ2) is 6.98. The summed E-state index contributed by atoms with van der Waals surface area (Å²) in [5.41, 5.74) is 10.8. The van der Waals surface area contributed by atoms with Crippen LogP contribution in [0.3, 0.4) is 0 Å². The van der Waals surface area contributed by atoms with Crippen LogP contribution in [-0.4, -0.2) is 5.91 Å². The topological polar surface area (TPSA) is 81.1 Å².